The topological polar surface area (TPSA) is 177 Å². The molecule has 1 fully saturated rings. The number of fused-ring (bicyclic) bond motifs is 3. The number of ketones is 2. The fraction of sp³-hybridized carbons (Fsp3) is 0.417. The number of thiocarbonyl (C=S) groups is 1. The van der Waals surface area contributed by atoms with Gasteiger partial charge in [-0.1, -0.05) is 0 Å². The summed E-state index contributed by atoms with van der Waals surface area (Å²) in [5, 5.41) is 46.9. The van der Waals surface area contributed by atoms with Gasteiger partial charge in [0.2, 0.25) is 5.78 Å². The molecular formula is C24H26N4O7S. The van der Waals surface area contributed by atoms with Gasteiger partial charge in [0, 0.05) is 31.3 Å². The standard InChI is InChI=1S/C24H26N4O7S/c1-27(2)13-7-12(26-8-36)18(29)15-10(13)5-9-6-11-17(28(3)4)20(31)16(23(25)34)22(33)24(11,35)21(32)14(9)19(15)30/h7,9,11,17,29-30,33,35H,5-6H2,1-4H3,(H2,25,34)/t9-,11-,17-,24-/m0/s1. The van der Waals surface area contributed by atoms with Crippen LogP contribution in [0.25, 0.3) is 5.76 Å². The average Bonchev–Trinajstić information content (AvgIpc) is 2.77. The number of isothiocyanates is 1. The Morgan fingerprint density at radius 2 is 1.86 bits per heavy atom. The lowest BCUT2D eigenvalue weighted by molar-refractivity contribution is -0.153. The summed E-state index contributed by atoms with van der Waals surface area (Å²) in [5.41, 5.74) is 2.66. The number of amides is 1. The normalized spacial score (nSPS) is 27.3. The van der Waals surface area contributed by atoms with E-state index in [9.17, 15) is 34.8 Å². The first-order valence-electron chi connectivity index (χ1n) is 11.1. The van der Waals surface area contributed by atoms with Gasteiger partial charge in [0.15, 0.2) is 17.1 Å². The predicted octanol–water partition coefficient (Wildman–Crippen LogP) is 0.764. The van der Waals surface area contributed by atoms with Crippen molar-refractivity contribution in [2.75, 3.05) is 33.1 Å². The number of aliphatic hydroxyl groups excluding tert-OH is 2. The maximum atomic E-state index is 13.8. The smallest absolute Gasteiger partial charge is 0.255 e. The molecule has 11 nitrogen and oxygen atoms in total. The molecule has 6 N–H and O–H groups in total. The van der Waals surface area contributed by atoms with Crippen LogP contribution in [0.4, 0.5) is 11.4 Å². The molecule has 0 heterocycles. The third-order valence-electron chi connectivity index (χ3n) is 7.33. The van der Waals surface area contributed by atoms with Crippen LogP contribution in [0.15, 0.2) is 28.0 Å². The predicted molar refractivity (Wildman–Crippen MR) is 133 cm³/mol. The Labute approximate surface area is 211 Å². The van der Waals surface area contributed by atoms with Crippen LogP contribution >= 0.6 is 12.2 Å². The molecule has 3 aliphatic carbocycles. The van der Waals surface area contributed by atoms with E-state index in [0.29, 0.717) is 11.3 Å². The van der Waals surface area contributed by atoms with Crippen LogP contribution in [0.5, 0.6) is 5.75 Å². The van der Waals surface area contributed by atoms with E-state index >= 15 is 0 Å². The summed E-state index contributed by atoms with van der Waals surface area (Å²) in [6.07, 6.45) is 0.191. The largest absolute Gasteiger partial charge is 0.508 e. The number of Topliss-reactive ketones (excluding diaryl/α,β-unsaturated/α-hetero) is 2. The number of rotatable bonds is 4. The number of carbonyl (C=O) groups is 3. The molecule has 1 amide bonds. The Bertz CT molecular complexity index is 1340. The number of hydrogen-bond donors (Lipinski definition) is 5. The summed E-state index contributed by atoms with van der Waals surface area (Å²) in [5.74, 6) is -7.09. The van der Waals surface area contributed by atoms with E-state index in [1.165, 1.54) is 4.90 Å². The summed E-state index contributed by atoms with van der Waals surface area (Å²) >= 11 is 4.66. The first kappa shape index (κ1) is 25.5. The first-order chi connectivity index (χ1) is 16.8. The van der Waals surface area contributed by atoms with Gasteiger partial charge in [0.1, 0.15) is 22.8 Å². The van der Waals surface area contributed by atoms with Crippen molar-refractivity contribution in [1.29, 1.82) is 0 Å². The van der Waals surface area contributed by atoms with E-state index in [1.54, 1.807) is 39.2 Å². The second kappa shape index (κ2) is 8.52. The average molecular weight is 515 g/mol. The number of aliphatic hydroxyl groups is 3. The molecule has 12 heteroatoms. The molecule has 4 rings (SSSR count). The zero-order valence-electron chi connectivity index (χ0n) is 20.1. The fourth-order valence-corrected chi connectivity index (χ4v) is 5.91. The fourth-order valence-electron chi connectivity index (χ4n) is 5.81. The summed E-state index contributed by atoms with van der Waals surface area (Å²) in [6.45, 7) is 0. The van der Waals surface area contributed by atoms with E-state index in [0.717, 1.165) is 0 Å². The zero-order chi connectivity index (χ0) is 26.9. The van der Waals surface area contributed by atoms with Gasteiger partial charge < -0.3 is 31.1 Å². The minimum atomic E-state index is -2.69. The van der Waals surface area contributed by atoms with Crippen LogP contribution in [-0.2, 0) is 20.8 Å². The van der Waals surface area contributed by atoms with Crippen molar-refractivity contribution in [3.63, 3.8) is 0 Å². The number of benzene rings is 1. The lowest BCUT2D eigenvalue weighted by Crippen LogP contribution is -2.65. The molecule has 0 radical (unpaired) electrons. The Morgan fingerprint density at radius 1 is 1.22 bits per heavy atom. The van der Waals surface area contributed by atoms with Gasteiger partial charge in [-0.05, 0) is 56.7 Å². The number of hydrogen-bond acceptors (Lipinski definition) is 11. The number of likely N-dealkylation sites (N-methyl/N-ethyl adjacent to an activating group) is 1. The van der Waals surface area contributed by atoms with Crippen molar-refractivity contribution >= 4 is 52.0 Å². The van der Waals surface area contributed by atoms with Crippen LogP contribution in [0, 0.1) is 11.8 Å². The van der Waals surface area contributed by atoms with Crippen molar-refractivity contribution in [2.24, 2.45) is 22.6 Å². The molecule has 1 saturated carbocycles. The van der Waals surface area contributed by atoms with E-state index in [-0.39, 0.29) is 29.7 Å². The molecule has 0 spiro atoms. The molecule has 190 valence electrons. The number of nitrogens with two attached hydrogens (primary N) is 1. The molecule has 1 aromatic rings. The highest BCUT2D eigenvalue weighted by molar-refractivity contribution is 7.78. The maximum absolute atomic E-state index is 13.8. The van der Waals surface area contributed by atoms with Gasteiger partial charge in [-0.3, -0.25) is 19.3 Å². The van der Waals surface area contributed by atoms with Crippen LogP contribution in [0.1, 0.15) is 17.5 Å². The van der Waals surface area contributed by atoms with Crippen LogP contribution in [0.2, 0.25) is 0 Å². The molecule has 0 aliphatic heterocycles. The lowest BCUT2D eigenvalue weighted by Gasteiger charge is -2.50. The van der Waals surface area contributed by atoms with Crippen LogP contribution in [-0.4, -0.2) is 87.8 Å². The lowest BCUT2D eigenvalue weighted by atomic mass is 9.57. The first-order valence-corrected chi connectivity index (χ1v) is 11.5. The number of nitrogens with zero attached hydrogens (tertiary/aromatic N) is 3. The van der Waals surface area contributed by atoms with E-state index in [1.807, 2.05) is 0 Å². The third-order valence-corrected chi connectivity index (χ3v) is 7.42. The van der Waals surface area contributed by atoms with Crippen molar-refractivity contribution in [3.05, 3.63) is 34.1 Å². The molecule has 0 bridgehead atoms. The number of phenolic OH excluding ortho intramolecular Hbond substituents is 1. The van der Waals surface area contributed by atoms with Crippen molar-refractivity contribution in [2.45, 2.75) is 24.5 Å². The SMILES string of the molecule is CN(C)c1cc(N=C=S)c(O)c2c1C[C@H]1C[C@H]3[C@H](N(C)C)C(=O)C(C(N)=O)=C(O)[C@@]3(O)C(=O)C1=C2O. The number of aliphatic imine (C=N–C) groups is 1. The van der Waals surface area contributed by atoms with Gasteiger partial charge in [-0.25, -0.2) is 0 Å². The second-order valence-corrected chi connectivity index (χ2v) is 9.86. The van der Waals surface area contributed by atoms with E-state index < -0.39 is 63.8 Å². The Kier molecular flexibility index (Phi) is 6.04. The van der Waals surface area contributed by atoms with E-state index in [2.05, 4.69) is 22.4 Å². The Balaban J connectivity index is 2.03. The molecular weight excluding hydrogens is 488 g/mol. The highest BCUT2D eigenvalue weighted by atomic mass is 32.1. The quantitative estimate of drug-likeness (QED) is 0.219. The highest BCUT2D eigenvalue weighted by Gasteiger charge is 2.64. The van der Waals surface area contributed by atoms with Crippen molar-refractivity contribution in [1.82, 2.24) is 4.90 Å². The second-order valence-electron chi connectivity index (χ2n) is 9.68. The number of aromatic hydroxyl groups is 1. The molecule has 4 atom stereocenters. The van der Waals surface area contributed by atoms with Gasteiger partial charge in [0.25, 0.3) is 5.91 Å². The summed E-state index contributed by atoms with van der Waals surface area (Å²) in [4.78, 5) is 46.1. The minimum Gasteiger partial charge on any atom is -0.508 e. The van der Waals surface area contributed by atoms with Gasteiger partial charge in [0.05, 0.1) is 16.8 Å². The van der Waals surface area contributed by atoms with E-state index in [4.69, 9.17) is 5.73 Å². The maximum Gasteiger partial charge on any atom is 0.255 e. The third kappa shape index (κ3) is 3.30. The number of anilines is 1. The molecule has 1 aromatic carbocycles. The number of phenols is 1. The number of primary amides is 1. The van der Waals surface area contributed by atoms with Crippen LogP contribution < -0.4 is 10.6 Å². The number of carbonyl (C=O) groups excluding carboxylic acids is 3. The molecule has 0 unspecified atom stereocenters. The Hall–Kier alpha value is -3.57. The van der Waals surface area contributed by atoms with Crippen molar-refractivity contribution < 1.29 is 34.8 Å². The molecule has 0 saturated heterocycles. The summed E-state index contributed by atoms with van der Waals surface area (Å²) < 4.78 is 0. The molecule has 3 aliphatic rings. The minimum absolute atomic E-state index is 0.0131. The monoisotopic (exact) mass is 514 g/mol. The molecule has 36 heavy (non-hydrogen) atoms. The summed E-state index contributed by atoms with van der Waals surface area (Å²) in [6, 6.07) is 0.441. The van der Waals surface area contributed by atoms with Gasteiger partial charge >= 0.3 is 0 Å². The van der Waals surface area contributed by atoms with Gasteiger partial charge in [-0.15, -0.1) is 0 Å². The Morgan fingerprint density at radius 3 is 2.39 bits per heavy atom. The zero-order valence-corrected chi connectivity index (χ0v) is 20.9. The highest BCUT2D eigenvalue weighted by Crippen LogP contribution is 2.54. The molecule has 0 aromatic heterocycles. The van der Waals surface area contributed by atoms with Gasteiger partial charge in [-0.2, -0.15) is 4.99 Å². The summed E-state index contributed by atoms with van der Waals surface area (Å²) in [7, 11) is 6.62. The van der Waals surface area contributed by atoms with Crippen LogP contribution in [0.3, 0.4) is 0 Å². The van der Waals surface area contributed by atoms with Crippen molar-refractivity contribution in [3.8, 4) is 5.75 Å².